The molecule has 1 unspecified atom stereocenters. The van der Waals surface area contributed by atoms with Crippen LogP contribution < -0.4 is 5.32 Å². The van der Waals surface area contributed by atoms with Crippen LogP contribution in [0.15, 0.2) is 167 Å². The first-order valence-corrected chi connectivity index (χ1v) is 16.2. The van der Waals surface area contributed by atoms with Crippen LogP contribution in [0.2, 0.25) is 0 Å². The van der Waals surface area contributed by atoms with E-state index >= 15 is 0 Å². The van der Waals surface area contributed by atoms with Crippen LogP contribution in [-0.2, 0) is 0 Å². The zero-order chi connectivity index (χ0) is 31.6. The number of dihydropyridines is 1. The van der Waals surface area contributed by atoms with Crippen LogP contribution in [0.5, 0.6) is 0 Å². The van der Waals surface area contributed by atoms with Gasteiger partial charge in [0.1, 0.15) is 5.58 Å². The van der Waals surface area contributed by atoms with Crippen molar-refractivity contribution in [2.75, 3.05) is 0 Å². The average Bonchev–Trinajstić information content (AvgIpc) is 3.76. The Bertz CT molecular complexity index is 2740. The van der Waals surface area contributed by atoms with Crippen LogP contribution in [0.25, 0.3) is 77.3 Å². The second-order valence-electron chi connectivity index (χ2n) is 12.4. The smallest absolute Gasteiger partial charge is 0.227 e. The first kappa shape index (κ1) is 26.8. The van der Waals surface area contributed by atoms with Crippen molar-refractivity contribution >= 4 is 65.9 Å². The highest BCUT2D eigenvalue weighted by Gasteiger charge is 2.20. The van der Waals surface area contributed by atoms with Crippen LogP contribution in [0, 0.1) is 0 Å². The molecule has 0 radical (unpaired) electrons. The fourth-order valence-corrected chi connectivity index (χ4v) is 7.09. The summed E-state index contributed by atoms with van der Waals surface area (Å²) in [6.45, 7) is 0. The lowest BCUT2D eigenvalue weighted by atomic mass is 9.92. The third-order valence-electron chi connectivity index (χ3n) is 9.51. The van der Waals surface area contributed by atoms with Crippen LogP contribution in [0.3, 0.4) is 0 Å². The molecule has 226 valence electrons. The van der Waals surface area contributed by atoms with Gasteiger partial charge in [0.2, 0.25) is 5.89 Å². The van der Waals surface area contributed by atoms with E-state index in [0.717, 1.165) is 49.7 Å². The van der Waals surface area contributed by atoms with E-state index in [1.54, 1.807) is 0 Å². The summed E-state index contributed by atoms with van der Waals surface area (Å²) < 4.78 is 12.7. The van der Waals surface area contributed by atoms with E-state index in [2.05, 4.69) is 127 Å². The number of nitrogens with zero attached hydrogens (tertiary/aromatic N) is 1. The van der Waals surface area contributed by atoms with Crippen LogP contribution >= 0.6 is 0 Å². The minimum atomic E-state index is 0.0531. The molecule has 4 heteroatoms. The van der Waals surface area contributed by atoms with Gasteiger partial charge in [0, 0.05) is 22.0 Å². The summed E-state index contributed by atoms with van der Waals surface area (Å²) in [5.41, 5.74) is 9.86. The maximum Gasteiger partial charge on any atom is 0.227 e. The third-order valence-corrected chi connectivity index (χ3v) is 9.51. The Balaban J connectivity index is 1.13. The van der Waals surface area contributed by atoms with Crippen molar-refractivity contribution in [3.05, 3.63) is 174 Å². The molecule has 0 aliphatic carbocycles. The SMILES string of the molecule is C1=C(c2ccccc2)C=C(c2ccc3ccc4cc5oc6c(ccc7oc(-c8ccccc8)nc76)c5cc4c3c2)NC1c1ccccc1. The van der Waals surface area contributed by atoms with E-state index in [1.165, 1.54) is 32.9 Å². The fraction of sp³-hybridized carbons (Fsp3) is 0.0227. The molecule has 48 heavy (non-hydrogen) atoms. The molecule has 9 aromatic rings. The first-order chi connectivity index (χ1) is 23.7. The van der Waals surface area contributed by atoms with Crippen molar-refractivity contribution in [3.63, 3.8) is 0 Å². The lowest BCUT2D eigenvalue weighted by molar-refractivity contribution is 0.620. The highest BCUT2D eigenvalue weighted by Crippen LogP contribution is 2.40. The van der Waals surface area contributed by atoms with Crippen molar-refractivity contribution in [1.82, 2.24) is 10.3 Å². The van der Waals surface area contributed by atoms with E-state index in [0.29, 0.717) is 11.5 Å². The zero-order valence-electron chi connectivity index (χ0n) is 25.9. The summed E-state index contributed by atoms with van der Waals surface area (Å²) in [7, 11) is 0. The molecule has 3 heterocycles. The molecule has 0 spiro atoms. The lowest BCUT2D eigenvalue weighted by Gasteiger charge is -2.26. The number of fused-ring (bicyclic) bond motifs is 8. The van der Waals surface area contributed by atoms with E-state index in [1.807, 2.05) is 36.4 Å². The Morgan fingerprint density at radius 3 is 2.04 bits per heavy atom. The minimum absolute atomic E-state index is 0.0531. The van der Waals surface area contributed by atoms with Crippen molar-refractivity contribution in [2.45, 2.75) is 6.04 Å². The van der Waals surface area contributed by atoms with Crippen molar-refractivity contribution in [2.24, 2.45) is 0 Å². The van der Waals surface area contributed by atoms with Gasteiger partial charge < -0.3 is 14.2 Å². The van der Waals surface area contributed by atoms with Gasteiger partial charge in [-0.2, -0.15) is 0 Å². The molecule has 7 aromatic carbocycles. The summed E-state index contributed by atoms with van der Waals surface area (Å²) >= 11 is 0. The molecule has 1 aliphatic heterocycles. The second-order valence-corrected chi connectivity index (χ2v) is 12.4. The summed E-state index contributed by atoms with van der Waals surface area (Å²) in [5.74, 6) is 0.590. The Labute approximate surface area is 276 Å². The van der Waals surface area contributed by atoms with Crippen molar-refractivity contribution in [3.8, 4) is 11.5 Å². The van der Waals surface area contributed by atoms with Gasteiger partial charge in [-0.25, -0.2) is 4.98 Å². The van der Waals surface area contributed by atoms with Gasteiger partial charge in [0.05, 0.1) is 6.04 Å². The van der Waals surface area contributed by atoms with Crippen LogP contribution in [0.1, 0.15) is 22.7 Å². The molecule has 0 saturated carbocycles. The Kier molecular flexibility index (Phi) is 5.90. The third kappa shape index (κ3) is 4.34. The molecule has 0 saturated heterocycles. The first-order valence-electron chi connectivity index (χ1n) is 16.2. The second kappa shape index (κ2) is 10.6. The number of benzene rings is 7. The van der Waals surface area contributed by atoms with E-state index in [9.17, 15) is 0 Å². The number of aromatic nitrogens is 1. The van der Waals surface area contributed by atoms with Crippen molar-refractivity contribution in [1.29, 1.82) is 0 Å². The van der Waals surface area contributed by atoms with Gasteiger partial charge in [-0.15, -0.1) is 0 Å². The standard InChI is InChI=1S/C44H28N2O2/c1-4-10-27(11-5-1)33-23-38(29-12-6-2-7-13-29)45-39(24-33)32-19-17-28-16-18-31-25-41-37(26-36(31)35(28)22-32)34-20-21-40-42(43(34)47-41)46-44(48-40)30-14-8-3-9-15-30/h1-26,38,45H. The van der Waals surface area contributed by atoms with Crippen LogP contribution in [0.4, 0.5) is 0 Å². The van der Waals surface area contributed by atoms with Crippen molar-refractivity contribution < 1.29 is 8.83 Å². The van der Waals surface area contributed by atoms with Gasteiger partial charge in [0.15, 0.2) is 16.7 Å². The van der Waals surface area contributed by atoms with Gasteiger partial charge in [-0.3, -0.25) is 0 Å². The Hall–Kier alpha value is -6.39. The topological polar surface area (TPSA) is 51.2 Å². The largest absolute Gasteiger partial charge is 0.454 e. The number of rotatable bonds is 4. The van der Waals surface area contributed by atoms with E-state index in [4.69, 9.17) is 13.8 Å². The molecule has 2 aromatic heterocycles. The van der Waals surface area contributed by atoms with E-state index < -0.39 is 0 Å². The van der Waals surface area contributed by atoms with Gasteiger partial charge in [-0.05, 0) is 98.4 Å². The predicted molar refractivity (Wildman–Crippen MR) is 196 cm³/mol. The predicted octanol–water partition coefficient (Wildman–Crippen LogP) is 11.5. The average molecular weight is 617 g/mol. The number of hydrogen-bond acceptors (Lipinski definition) is 4. The molecule has 10 rings (SSSR count). The maximum atomic E-state index is 6.51. The highest BCUT2D eigenvalue weighted by atomic mass is 16.4. The monoisotopic (exact) mass is 616 g/mol. The van der Waals surface area contributed by atoms with Crippen LogP contribution in [-0.4, -0.2) is 4.98 Å². The summed E-state index contributed by atoms with van der Waals surface area (Å²) in [5, 5.41) is 10.6. The number of nitrogens with one attached hydrogen (secondary N) is 1. The summed E-state index contributed by atoms with van der Waals surface area (Å²) in [6, 6.07) is 51.0. The van der Waals surface area contributed by atoms with Gasteiger partial charge in [-0.1, -0.05) is 103 Å². The van der Waals surface area contributed by atoms with Gasteiger partial charge >= 0.3 is 0 Å². The minimum Gasteiger partial charge on any atom is -0.454 e. The zero-order valence-corrected chi connectivity index (χ0v) is 25.9. The molecular weight excluding hydrogens is 588 g/mol. The molecule has 4 nitrogen and oxygen atoms in total. The Morgan fingerprint density at radius 2 is 1.23 bits per heavy atom. The van der Waals surface area contributed by atoms with Gasteiger partial charge in [0.25, 0.3) is 0 Å². The molecule has 0 amide bonds. The lowest BCUT2D eigenvalue weighted by Crippen LogP contribution is -2.21. The number of oxazole rings is 1. The number of hydrogen-bond donors (Lipinski definition) is 1. The number of furan rings is 1. The molecule has 0 fully saturated rings. The maximum absolute atomic E-state index is 6.51. The Morgan fingerprint density at radius 1 is 0.521 bits per heavy atom. The molecule has 1 aliphatic rings. The fourth-order valence-electron chi connectivity index (χ4n) is 7.09. The summed E-state index contributed by atoms with van der Waals surface area (Å²) in [6.07, 6.45) is 4.59. The molecular formula is C44H28N2O2. The number of allylic oxidation sites excluding steroid dienone is 2. The molecule has 0 bridgehead atoms. The molecule has 1 atom stereocenters. The van der Waals surface area contributed by atoms with E-state index in [-0.39, 0.29) is 6.04 Å². The highest BCUT2D eigenvalue weighted by molar-refractivity contribution is 6.19. The normalized spacial score (nSPS) is 14.9. The summed E-state index contributed by atoms with van der Waals surface area (Å²) in [4.78, 5) is 4.87. The molecule has 1 N–H and O–H groups in total. The quantitative estimate of drug-likeness (QED) is 0.200.